The fourth-order valence-corrected chi connectivity index (χ4v) is 7.47. The van der Waals surface area contributed by atoms with E-state index >= 15 is 0 Å². The van der Waals surface area contributed by atoms with E-state index in [1.165, 1.54) is 15.6 Å². The molecule has 0 aliphatic carbocycles. The normalized spacial score (nSPS) is 23.1. The summed E-state index contributed by atoms with van der Waals surface area (Å²) in [5.74, 6) is 0.705. The highest BCUT2D eigenvalue weighted by molar-refractivity contribution is 9.11. The Kier molecular flexibility index (Phi) is 7.00. The third-order valence-corrected chi connectivity index (χ3v) is 9.18. The Morgan fingerprint density at radius 3 is 2.48 bits per heavy atom. The number of hydrogen-bond acceptors (Lipinski definition) is 5. The zero-order chi connectivity index (χ0) is 19.6. The summed E-state index contributed by atoms with van der Waals surface area (Å²) in [7, 11) is -3.47. The van der Waals surface area contributed by atoms with E-state index in [0.29, 0.717) is 36.3 Å². The average molecular weight is 478 g/mol. The molecule has 3 heterocycles. The third-order valence-electron chi connectivity index (χ3n) is 5.19. The average Bonchev–Trinajstić information content (AvgIpc) is 3.08. The van der Waals surface area contributed by atoms with Gasteiger partial charge in [-0.05, 0) is 53.4 Å². The van der Waals surface area contributed by atoms with Gasteiger partial charge in [0.15, 0.2) is 0 Å². The molecule has 2 saturated heterocycles. The van der Waals surface area contributed by atoms with Gasteiger partial charge >= 0.3 is 0 Å². The van der Waals surface area contributed by atoms with Crippen molar-refractivity contribution in [2.75, 3.05) is 39.3 Å². The lowest BCUT2D eigenvalue weighted by atomic mass is 9.99. The van der Waals surface area contributed by atoms with Crippen LogP contribution in [0.15, 0.2) is 20.1 Å². The predicted octanol–water partition coefficient (Wildman–Crippen LogP) is 2.85. The second kappa shape index (κ2) is 8.90. The molecule has 6 nitrogen and oxygen atoms in total. The molecule has 9 heteroatoms. The maximum atomic E-state index is 13.1. The molecule has 1 aromatic rings. The Labute approximate surface area is 174 Å². The summed E-state index contributed by atoms with van der Waals surface area (Å²) in [6.45, 7) is 7.95. The van der Waals surface area contributed by atoms with E-state index in [1.54, 1.807) is 12.1 Å². The summed E-state index contributed by atoms with van der Waals surface area (Å²) in [6, 6.07) is 3.34. The van der Waals surface area contributed by atoms with Crippen LogP contribution in [0.4, 0.5) is 0 Å². The van der Waals surface area contributed by atoms with Crippen LogP contribution < -0.4 is 0 Å². The van der Waals surface area contributed by atoms with Crippen LogP contribution in [0.1, 0.15) is 33.1 Å². The number of rotatable bonds is 5. The van der Waals surface area contributed by atoms with E-state index in [9.17, 15) is 13.2 Å². The summed E-state index contributed by atoms with van der Waals surface area (Å²) in [5, 5.41) is 0. The van der Waals surface area contributed by atoms with Gasteiger partial charge in [0.1, 0.15) is 4.21 Å². The van der Waals surface area contributed by atoms with E-state index in [-0.39, 0.29) is 11.9 Å². The third kappa shape index (κ3) is 4.93. The van der Waals surface area contributed by atoms with Crippen LogP contribution in [0, 0.1) is 5.92 Å². The van der Waals surface area contributed by atoms with Gasteiger partial charge in [-0.25, -0.2) is 8.42 Å². The second-order valence-corrected chi connectivity index (χ2v) is 12.3. The quantitative estimate of drug-likeness (QED) is 0.653. The first-order chi connectivity index (χ1) is 12.8. The minimum atomic E-state index is -3.47. The van der Waals surface area contributed by atoms with E-state index in [1.807, 2.05) is 4.90 Å². The minimum absolute atomic E-state index is 0.0439. The van der Waals surface area contributed by atoms with Crippen molar-refractivity contribution >= 4 is 43.2 Å². The van der Waals surface area contributed by atoms with Crippen molar-refractivity contribution in [3.8, 4) is 0 Å². The highest BCUT2D eigenvalue weighted by Gasteiger charge is 2.36. The van der Waals surface area contributed by atoms with Gasteiger partial charge in [0.2, 0.25) is 5.91 Å². The lowest BCUT2D eigenvalue weighted by Gasteiger charge is -2.41. The zero-order valence-electron chi connectivity index (χ0n) is 15.9. The number of piperidine rings is 1. The van der Waals surface area contributed by atoms with E-state index in [2.05, 4.69) is 34.7 Å². The predicted molar refractivity (Wildman–Crippen MR) is 111 cm³/mol. The Hall–Kier alpha value is -0.480. The number of carbonyl (C=O) groups is 1. The molecule has 0 radical (unpaired) electrons. The van der Waals surface area contributed by atoms with Crippen LogP contribution >= 0.6 is 27.3 Å². The number of thiophene rings is 1. The molecule has 1 atom stereocenters. The molecule has 2 aliphatic rings. The Bertz CT molecular complexity index is 758. The molecule has 1 aromatic heterocycles. The van der Waals surface area contributed by atoms with Crippen LogP contribution in [0.2, 0.25) is 0 Å². The second-order valence-electron chi connectivity index (χ2n) is 7.69. The SMILES string of the molecule is CC(C)CN1CCCC[C@@H]1C(=O)N1CCN(S(=O)(=O)c2ccc(Br)s2)CC1. The molecule has 0 bridgehead atoms. The van der Waals surface area contributed by atoms with Crippen molar-refractivity contribution < 1.29 is 13.2 Å². The van der Waals surface area contributed by atoms with Crippen LogP contribution in [-0.4, -0.2) is 73.7 Å². The van der Waals surface area contributed by atoms with Crippen molar-refractivity contribution in [2.24, 2.45) is 5.92 Å². The highest BCUT2D eigenvalue weighted by Crippen LogP contribution is 2.29. The van der Waals surface area contributed by atoms with Crippen molar-refractivity contribution in [1.29, 1.82) is 0 Å². The van der Waals surface area contributed by atoms with E-state index in [4.69, 9.17) is 0 Å². The number of amides is 1. The number of likely N-dealkylation sites (tertiary alicyclic amines) is 1. The van der Waals surface area contributed by atoms with Crippen molar-refractivity contribution in [1.82, 2.24) is 14.1 Å². The van der Waals surface area contributed by atoms with Crippen LogP contribution in [0.5, 0.6) is 0 Å². The molecule has 2 aliphatic heterocycles. The molecule has 2 fully saturated rings. The van der Waals surface area contributed by atoms with E-state index in [0.717, 1.165) is 36.1 Å². The van der Waals surface area contributed by atoms with Crippen LogP contribution in [0.3, 0.4) is 0 Å². The van der Waals surface area contributed by atoms with E-state index < -0.39 is 10.0 Å². The summed E-state index contributed by atoms with van der Waals surface area (Å²) < 4.78 is 28.2. The highest BCUT2D eigenvalue weighted by atomic mass is 79.9. The standard InChI is InChI=1S/C18H28BrN3O3S2/c1-14(2)13-21-8-4-3-5-15(21)18(23)20-9-11-22(12-10-20)27(24,25)17-7-6-16(19)26-17/h6-7,14-15H,3-5,8-13H2,1-2H3/t15-/m1/s1. The zero-order valence-corrected chi connectivity index (χ0v) is 19.2. The number of halogens is 1. The lowest BCUT2D eigenvalue weighted by molar-refractivity contribution is -0.139. The molecular weight excluding hydrogens is 450 g/mol. The Morgan fingerprint density at radius 1 is 1.19 bits per heavy atom. The number of piperazine rings is 1. The molecular formula is C18H28BrN3O3S2. The number of nitrogens with zero attached hydrogens (tertiary/aromatic N) is 3. The molecule has 3 rings (SSSR count). The Morgan fingerprint density at radius 2 is 1.89 bits per heavy atom. The lowest BCUT2D eigenvalue weighted by Crippen LogP contribution is -2.57. The van der Waals surface area contributed by atoms with Gasteiger partial charge in [0.25, 0.3) is 10.0 Å². The first-order valence-corrected chi connectivity index (χ1v) is 12.6. The van der Waals surface area contributed by atoms with Crippen LogP contribution in [-0.2, 0) is 14.8 Å². The van der Waals surface area contributed by atoms with Gasteiger partial charge in [0, 0.05) is 32.7 Å². The summed E-state index contributed by atoms with van der Waals surface area (Å²) >= 11 is 4.55. The summed E-state index contributed by atoms with van der Waals surface area (Å²) in [5.41, 5.74) is 0. The molecule has 1 amide bonds. The number of carbonyl (C=O) groups excluding carboxylic acids is 1. The molecule has 0 N–H and O–H groups in total. The Balaban J connectivity index is 1.62. The van der Waals surface area contributed by atoms with Gasteiger partial charge < -0.3 is 4.90 Å². The molecule has 0 saturated carbocycles. The summed E-state index contributed by atoms with van der Waals surface area (Å²) in [6.07, 6.45) is 3.15. The van der Waals surface area contributed by atoms with Gasteiger partial charge in [0.05, 0.1) is 9.83 Å². The molecule has 0 aromatic carbocycles. The number of hydrogen-bond donors (Lipinski definition) is 0. The van der Waals surface area contributed by atoms with Crippen molar-refractivity contribution in [3.63, 3.8) is 0 Å². The van der Waals surface area contributed by atoms with Crippen molar-refractivity contribution in [2.45, 2.75) is 43.4 Å². The van der Waals surface area contributed by atoms with Crippen LogP contribution in [0.25, 0.3) is 0 Å². The maximum absolute atomic E-state index is 13.1. The van der Waals surface area contributed by atoms with Gasteiger partial charge in [-0.3, -0.25) is 9.69 Å². The first kappa shape index (κ1) is 21.2. The topological polar surface area (TPSA) is 60.9 Å². The van der Waals surface area contributed by atoms with Gasteiger partial charge in [-0.2, -0.15) is 4.31 Å². The fourth-order valence-electron chi connectivity index (χ4n) is 3.88. The molecule has 152 valence electrons. The number of sulfonamides is 1. The summed E-state index contributed by atoms with van der Waals surface area (Å²) in [4.78, 5) is 17.3. The minimum Gasteiger partial charge on any atom is -0.339 e. The molecule has 27 heavy (non-hydrogen) atoms. The van der Waals surface area contributed by atoms with Gasteiger partial charge in [-0.1, -0.05) is 20.3 Å². The maximum Gasteiger partial charge on any atom is 0.252 e. The largest absolute Gasteiger partial charge is 0.339 e. The van der Waals surface area contributed by atoms with Crippen molar-refractivity contribution in [3.05, 3.63) is 15.9 Å². The van der Waals surface area contributed by atoms with Gasteiger partial charge in [-0.15, -0.1) is 11.3 Å². The fraction of sp³-hybridized carbons (Fsp3) is 0.722. The molecule has 0 unspecified atom stereocenters. The first-order valence-electron chi connectivity index (χ1n) is 9.57. The monoisotopic (exact) mass is 477 g/mol. The molecule has 0 spiro atoms. The smallest absolute Gasteiger partial charge is 0.252 e.